The molecule has 0 aliphatic heterocycles. The van der Waals surface area contributed by atoms with Crippen molar-refractivity contribution in [1.29, 1.82) is 0 Å². The van der Waals surface area contributed by atoms with E-state index in [0.717, 1.165) is 32.1 Å². The van der Waals surface area contributed by atoms with Gasteiger partial charge in [0.1, 0.15) is 12.6 Å². The summed E-state index contributed by atoms with van der Waals surface area (Å²) in [6.07, 6.45) is 0. The molecule has 0 aliphatic rings. The van der Waals surface area contributed by atoms with E-state index < -0.39 is 28.5 Å². The Hall–Kier alpha value is -3.65. The molecule has 1 unspecified atom stereocenters. The molecule has 0 bridgehead atoms. The van der Waals surface area contributed by atoms with Crippen molar-refractivity contribution in [1.82, 2.24) is 10.2 Å². The first-order valence-corrected chi connectivity index (χ1v) is 14.2. The summed E-state index contributed by atoms with van der Waals surface area (Å²) in [4.78, 5) is 28.3. The van der Waals surface area contributed by atoms with Crippen LogP contribution in [-0.2, 0) is 26.2 Å². The number of nitrogens with one attached hydrogen (secondary N) is 1. The van der Waals surface area contributed by atoms with Gasteiger partial charge in [-0.3, -0.25) is 13.9 Å². The zero-order valence-electron chi connectivity index (χ0n) is 23.0. The smallest absolute Gasteiger partial charge is 0.264 e. The van der Waals surface area contributed by atoms with E-state index in [-0.39, 0.29) is 17.3 Å². The van der Waals surface area contributed by atoms with Crippen molar-refractivity contribution in [2.45, 2.75) is 59.0 Å². The third kappa shape index (κ3) is 7.01. The van der Waals surface area contributed by atoms with Crippen molar-refractivity contribution in [2.75, 3.05) is 17.4 Å². The molecule has 2 amide bonds. The van der Waals surface area contributed by atoms with Gasteiger partial charge < -0.3 is 10.2 Å². The van der Waals surface area contributed by atoms with Crippen LogP contribution in [0.3, 0.4) is 0 Å². The second kappa shape index (κ2) is 12.3. The van der Waals surface area contributed by atoms with Gasteiger partial charge in [-0.05, 0) is 82.5 Å². The van der Waals surface area contributed by atoms with Crippen molar-refractivity contribution in [2.24, 2.45) is 0 Å². The standard InChI is InChI=1S/C30H37N3O4S/c1-7-31-30(35)25(6)32(19-26-10-8-9-22(3)16-26)29(34)20-33(27-17-23(4)15-24(5)18-27)38(36,37)28-13-11-21(2)12-14-28/h8-18,25H,7,19-20H2,1-6H3,(H,31,35). The minimum absolute atomic E-state index is 0.0945. The van der Waals surface area contributed by atoms with E-state index in [1.165, 1.54) is 4.90 Å². The van der Waals surface area contributed by atoms with Gasteiger partial charge in [0.2, 0.25) is 11.8 Å². The SMILES string of the molecule is CCNC(=O)C(C)N(Cc1cccc(C)c1)C(=O)CN(c1cc(C)cc(C)c1)S(=O)(=O)c1ccc(C)cc1. The lowest BCUT2D eigenvalue weighted by Gasteiger charge is -2.32. The molecule has 202 valence electrons. The van der Waals surface area contributed by atoms with Crippen LogP contribution in [0.15, 0.2) is 71.6 Å². The second-order valence-electron chi connectivity index (χ2n) is 9.75. The Bertz CT molecular complexity index is 1380. The number of aryl methyl sites for hydroxylation is 4. The van der Waals surface area contributed by atoms with Crippen molar-refractivity contribution in [3.8, 4) is 0 Å². The molecule has 38 heavy (non-hydrogen) atoms. The zero-order chi connectivity index (χ0) is 28.0. The molecular formula is C30H37N3O4S. The highest BCUT2D eigenvalue weighted by molar-refractivity contribution is 7.92. The summed E-state index contributed by atoms with van der Waals surface area (Å²) in [5, 5.41) is 2.77. The van der Waals surface area contributed by atoms with Crippen molar-refractivity contribution in [3.63, 3.8) is 0 Å². The van der Waals surface area contributed by atoms with E-state index in [2.05, 4.69) is 5.32 Å². The van der Waals surface area contributed by atoms with Gasteiger partial charge in [-0.25, -0.2) is 8.42 Å². The maximum atomic E-state index is 13.9. The van der Waals surface area contributed by atoms with Gasteiger partial charge in [0.05, 0.1) is 10.6 Å². The van der Waals surface area contributed by atoms with Crippen LogP contribution >= 0.6 is 0 Å². The monoisotopic (exact) mass is 535 g/mol. The molecule has 0 aliphatic carbocycles. The Balaban J connectivity index is 2.07. The molecule has 0 radical (unpaired) electrons. The molecule has 0 aromatic heterocycles. The first kappa shape index (κ1) is 28.9. The summed E-state index contributed by atoms with van der Waals surface area (Å²) in [6.45, 7) is 11.2. The van der Waals surface area contributed by atoms with E-state index in [1.54, 1.807) is 43.3 Å². The van der Waals surface area contributed by atoms with Crippen molar-refractivity contribution < 1.29 is 18.0 Å². The molecule has 3 rings (SSSR count). The average Bonchev–Trinajstić information content (AvgIpc) is 2.85. The number of sulfonamides is 1. The molecule has 3 aromatic rings. The van der Waals surface area contributed by atoms with E-state index in [4.69, 9.17) is 0 Å². The van der Waals surface area contributed by atoms with Gasteiger partial charge in [-0.15, -0.1) is 0 Å². The lowest BCUT2D eigenvalue weighted by molar-refractivity contribution is -0.139. The summed E-state index contributed by atoms with van der Waals surface area (Å²) < 4.78 is 29.0. The largest absolute Gasteiger partial charge is 0.355 e. The molecule has 3 aromatic carbocycles. The molecule has 1 N–H and O–H groups in total. The molecule has 0 saturated carbocycles. The number of anilines is 1. The van der Waals surface area contributed by atoms with Crippen LogP contribution in [0.5, 0.6) is 0 Å². The Morgan fingerprint density at radius 1 is 0.842 bits per heavy atom. The third-order valence-corrected chi connectivity index (χ3v) is 8.12. The summed E-state index contributed by atoms with van der Waals surface area (Å²) in [7, 11) is -4.08. The van der Waals surface area contributed by atoms with Crippen molar-refractivity contribution in [3.05, 3.63) is 94.5 Å². The number of carbonyl (C=O) groups is 2. The van der Waals surface area contributed by atoms with Gasteiger partial charge in [-0.1, -0.05) is 53.6 Å². The summed E-state index contributed by atoms with van der Waals surface area (Å²) >= 11 is 0. The molecule has 0 heterocycles. The lowest BCUT2D eigenvalue weighted by atomic mass is 10.1. The fourth-order valence-electron chi connectivity index (χ4n) is 4.37. The summed E-state index contributed by atoms with van der Waals surface area (Å²) in [6, 6.07) is 18.9. The maximum absolute atomic E-state index is 13.9. The minimum atomic E-state index is -4.08. The average molecular weight is 536 g/mol. The van der Waals surface area contributed by atoms with Crippen LogP contribution in [0.25, 0.3) is 0 Å². The Morgan fingerprint density at radius 2 is 1.47 bits per heavy atom. The number of carbonyl (C=O) groups excluding carboxylic acids is 2. The van der Waals surface area contributed by atoms with Crippen LogP contribution in [0.4, 0.5) is 5.69 Å². The van der Waals surface area contributed by atoms with Crippen LogP contribution in [0, 0.1) is 27.7 Å². The van der Waals surface area contributed by atoms with Crippen LogP contribution in [0.1, 0.15) is 41.7 Å². The van der Waals surface area contributed by atoms with Gasteiger partial charge >= 0.3 is 0 Å². The topological polar surface area (TPSA) is 86.8 Å². The van der Waals surface area contributed by atoms with E-state index in [9.17, 15) is 18.0 Å². The summed E-state index contributed by atoms with van der Waals surface area (Å²) in [5.74, 6) is -0.770. The highest BCUT2D eigenvalue weighted by Gasteiger charge is 2.32. The maximum Gasteiger partial charge on any atom is 0.264 e. The van der Waals surface area contributed by atoms with E-state index in [1.807, 2.05) is 65.0 Å². The fourth-order valence-corrected chi connectivity index (χ4v) is 5.77. The van der Waals surface area contributed by atoms with Crippen molar-refractivity contribution >= 4 is 27.5 Å². The molecule has 0 spiro atoms. The van der Waals surface area contributed by atoms with E-state index >= 15 is 0 Å². The second-order valence-corrected chi connectivity index (χ2v) is 11.6. The molecule has 1 atom stereocenters. The molecule has 8 heteroatoms. The molecule has 0 fully saturated rings. The van der Waals surface area contributed by atoms with Gasteiger partial charge in [0, 0.05) is 13.1 Å². The number of likely N-dealkylation sites (N-methyl/N-ethyl adjacent to an activating group) is 1. The predicted octanol–water partition coefficient (Wildman–Crippen LogP) is 4.67. The predicted molar refractivity (Wildman–Crippen MR) is 152 cm³/mol. The van der Waals surface area contributed by atoms with E-state index in [0.29, 0.717) is 12.2 Å². The van der Waals surface area contributed by atoms with Crippen LogP contribution in [0.2, 0.25) is 0 Å². The highest BCUT2D eigenvalue weighted by atomic mass is 32.2. The Kier molecular flexibility index (Phi) is 9.33. The number of rotatable bonds is 10. The lowest BCUT2D eigenvalue weighted by Crippen LogP contribution is -2.51. The quantitative estimate of drug-likeness (QED) is 0.409. The van der Waals surface area contributed by atoms with Gasteiger partial charge in [0.25, 0.3) is 10.0 Å². The van der Waals surface area contributed by atoms with Gasteiger partial charge in [-0.2, -0.15) is 0 Å². The normalized spacial score (nSPS) is 12.1. The van der Waals surface area contributed by atoms with Crippen LogP contribution in [-0.4, -0.2) is 44.3 Å². The minimum Gasteiger partial charge on any atom is -0.355 e. The summed E-state index contributed by atoms with van der Waals surface area (Å²) in [5.41, 5.74) is 4.97. The first-order chi connectivity index (χ1) is 17.9. The third-order valence-electron chi connectivity index (χ3n) is 6.34. The molecule has 0 saturated heterocycles. The van der Waals surface area contributed by atoms with Crippen LogP contribution < -0.4 is 9.62 Å². The number of hydrogen-bond donors (Lipinski definition) is 1. The first-order valence-electron chi connectivity index (χ1n) is 12.7. The Labute approximate surface area is 226 Å². The zero-order valence-corrected chi connectivity index (χ0v) is 23.8. The highest BCUT2D eigenvalue weighted by Crippen LogP contribution is 2.27. The number of amides is 2. The number of benzene rings is 3. The Morgan fingerprint density at radius 3 is 2.05 bits per heavy atom. The fraction of sp³-hybridized carbons (Fsp3) is 0.333. The number of hydrogen-bond acceptors (Lipinski definition) is 4. The molecular weight excluding hydrogens is 498 g/mol. The van der Waals surface area contributed by atoms with Gasteiger partial charge in [0.15, 0.2) is 0 Å². The number of nitrogens with zero attached hydrogens (tertiary/aromatic N) is 2. The molecule has 7 nitrogen and oxygen atoms in total.